The molecule has 0 saturated heterocycles. The van der Waals surface area contributed by atoms with E-state index in [0.717, 1.165) is 38.9 Å². The Morgan fingerprint density at radius 3 is 2.86 bits per heavy atom. The lowest BCUT2D eigenvalue weighted by Crippen LogP contribution is -2.07. The summed E-state index contributed by atoms with van der Waals surface area (Å²) in [5.41, 5.74) is 8.48. The van der Waals surface area contributed by atoms with Crippen molar-refractivity contribution >= 4 is 44.6 Å². The lowest BCUT2D eigenvalue weighted by Gasteiger charge is -2.15. The number of phenols is 1. The molecule has 0 spiro atoms. The number of para-hydroxylation sites is 2. The number of halogens is 1. The van der Waals surface area contributed by atoms with Crippen LogP contribution in [0.1, 0.15) is 29.2 Å². The SMILES string of the molecule is CCc1c(C)c(C#N)c2nc3ccccc3n2c1N/N=C/c1cc(Br)ccc1O. The molecule has 144 valence electrons. The van der Waals surface area contributed by atoms with Crippen molar-refractivity contribution in [2.45, 2.75) is 20.3 Å². The second kappa shape index (κ2) is 7.57. The van der Waals surface area contributed by atoms with Crippen molar-refractivity contribution in [2.75, 3.05) is 5.43 Å². The number of hydrogen-bond donors (Lipinski definition) is 2. The van der Waals surface area contributed by atoms with Crippen molar-refractivity contribution in [3.05, 3.63) is 69.2 Å². The van der Waals surface area contributed by atoms with Gasteiger partial charge >= 0.3 is 0 Å². The summed E-state index contributed by atoms with van der Waals surface area (Å²) in [6.07, 6.45) is 2.29. The number of anilines is 1. The smallest absolute Gasteiger partial charge is 0.157 e. The Kier molecular flexibility index (Phi) is 4.95. The summed E-state index contributed by atoms with van der Waals surface area (Å²) in [7, 11) is 0. The molecule has 0 bridgehead atoms. The van der Waals surface area contributed by atoms with Gasteiger partial charge in [-0.15, -0.1) is 0 Å². The quantitative estimate of drug-likeness (QED) is 0.334. The van der Waals surface area contributed by atoms with Gasteiger partial charge in [0, 0.05) is 10.0 Å². The Morgan fingerprint density at radius 1 is 1.31 bits per heavy atom. The summed E-state index contributed by atoms with van der Waals surface area (Å²) in [5, 5.41) is 24.2. The van der Waals surface area contributed by atoms with Crippen molar-refractivity contribution in [1.82, 2.24) is 9.38 Å². The molecular weight excluding hydrogens is 430 g/mol. The largest absolute Gasteiger partial charge is 0.507 e. The number of imidazole rings is 1. The van der Waals surface area contributed by atoms with Crippen LogP contribution >= 0.6 is 15.9 Å². The molecule has 2 heterocycles. The molecule has 2 aromatic carbocycles. The van der Waals surface area contributed by atoms with Gasteiger partial charge in [-0.05, 0) is 54.8 Å². The number of phenolic OH excluding ortho intramolecular Hbond substituents is 1. The van der Waals surface area contributed by atoms with E-state index in [4.69, 9.17) is 0 Å². The van der Waals surface area contributed by atoms with E-state index in [0.29, 0.717) is 16.8 Å². The molecule has 4 rings (SSSR count). The van der Waals surface area contributed by atoms with Gasteiger partial charge in [0.25, 0.3) is 0 Å². The molecule has 0 unspecified atom stereocenters. The van der Waals surface area contributed by atoms with E-state index in [9.17, 15) is 10.4 Å². The maximum absolute atomic E-state index is 10.0. The number of fused-ring (bicyclic) bond motifs is 3. The van der Waals surface area contributed by atoms with E-state index in [2.05, 4.69) is 37.5 Å². The molecular formula is C22H18BrN5O. The van der Waals surface area contributed by atoms with Gasteiger partial charge in [-0.1, -0.05) is 35.0 Å². The Morgan fingerprint density at radius 2 is 2.10 bits per heavy atom. The second-order valence-corrected chi connectivity index (χ2v) is 7.54. The molecule has 0 atom stereocenters. The molecule has 2 aromatic heterocycles. The highest BCUT2D eigenvalue weighted by molar-refractivity contribution is 9.10. The Bertz CT molecular complexity index is 1320. The number of benzene rings is 2. The number of aromatic nitrogens is 2. The summed E-state index contributed by atoms with van der Waals surface area (Å²) < 4.78 is 2.79. The molecule has 29 heavy (non-hydrogen) atoms. The van der Waals surface area contributed by atoms with Gasteiger partial charge < -0.3 is 5.11 Å². The summed E-state index contributed by atoms with van der Waals surface area (Å²) >= 11 is 3.40. The molecule has 0 fully saturated rings. The van der Waals surface area contributed by atoms with Crippen LogP contribution in [0.25, 0.3) is 16.7 Å². The number of nitrogens with zero attached hydrogens (tertiary/aromatic N) is 4. The summed E-state index contributed by atoms with van der Waals surface area (Å²) in [6, 6.07) is 15.2. The van der Waals surface area contributed by atoms with Crippen LogP contribution in [0.4, 0.5) is 5.82 Å². The summed E-state index contributed by atoms with van der Waals surface area (Å²) in [6.45, 7) is 3.98. The normalized spacial score (nSPS) is 11.4. The zero-order valence-electron chi connectivity index (χ0n) is 15.9. The van der Waals surface area contributed by atoms with Crippen molar-refractivity contribution < 1.29 is 5.11 Å². The zero-order chi connectivity index (χ0) is 20.5. The van der Waals surface area contributed by atoms with Crippen molar-refractivity contribution in [3.8, 4) is 11.8 Å². The molecule has 6 nitrogen and oxygen atoms in total. The number of nitriles is 1. The van der Waals surface area contributed by atoms with Gasteiger partial charge in [-0.2, -0.15) is 10.4 Å². The van der Waals surface area contributed by atoms with Crippen LogP contribution in [0.3, 0.4) is 0 Å². The Hall–Kier alpha value is -3.37. The van der Waals surface area contributed by atoms with Gasteiger partial charge in [0.1, 0.15) is 17.6 Å². The fraction of sp³-hybridized carbons (Fsp3) is 0.136. The number of aromatic hydroxyl groups is 1. The molecule has 0 aliphatic heterocycles. The lowest BCUT2D eigenvalue weighted by molar-refractivity contribution is 0.474. The minimum Gasteiger partial charge on any atom is -0.507 e. The molecule has 2 N–H and O–H groups in total. The van der Waals surface area contributed by atoms with Gasteiger partial charge in [-0.3, -0.25) is 9.83 Å². The predicted molar refractivity (Wildman–Crippen MR) is 119 cm³/mol. The van der Waals surface area contributed by atoms with Crippen LogP contribution in [0.5, 0.6) is 5.75 Å². The number of rotatable bonds is 4. The second-order valence-electron chi connectivity index (χ2n) is 6.63. The van der Waals surface area contributed by atoms with Gasteiger partial charge in [0.15, 0.2) is 5.65 Å². The standard InChI is InChI=1S/C22H18BrN5O/c1-3-16-13(2)17(11-24)21-26-18-6-4-5-7-19(18)28(21)22(16)27-25-12-14-10-15(23)8-9-20(14)29/h4-10,12,27,29H,3H2,1-2H3/b25-12+. The van der Waals surface area contributed by atoms with E-state index in [-0.39, 0.29) is 5.75 Å². The topological polar surface area (TPSA) is 85.7 Å². The van der Waals surface area contributed by atoms with Crippen LogP contribution in [-0.4, -0.2) is 20.7 Å². The molecule has 0 aliphatic rings. The Balaban J connectivity index is 1.92. The molecule has 0 aliphatic carbocycles. The first-order valence-corrected chi connectivity index (χ1v) is 9.94. The highest BCUT2D eigenvalue weighted by Crippen LogP contribution is 2.31. The highest BCUT2D eigenvalue weighted by atomic mass is 79.9. The van der Waals surface area contributed by atoms with Gasteiger partial charge in [-0.25, -0.2) is 4.98 Å². The third-order valence-corrected chi connectivity index (χ3v) is 5.44. The number of hydrogen-bond acceptors (Lipinski definition) is 5. The van der Waals surface area contributed by atoms with Crippen LogP contribution in [-0.2, 0) is 6.42 Å². The predicted octanol–water partition coefficient (Wildman–Crippen LogP) is 5.14. The number of hydrazone groups is 1. The van der Waals surface area contributed by atoms with Crippen LogP contribution in [0.2, 0.25) is 0 Å². The van der Waals surface area contributed by atoms with Crippen LogP contribution in [0.15, 0.2) is 52.0 Å². The third-order valence-electron chi connectivity index (χ3n) is 4.95. The molecule has 0 radical (unpaired) electrons. The summed E-state index contributed by atoms with van der Waals surface area (Å²) in [4.78, 5) is 4.68. The van der Waals surface area contributed by atoms with E-state index >= 15 is 0 Å². The first-order valence-electron chi connectivity index (χ1n) is 9.15. The minimum atomic E-state index is 0.142. The first kappa shape index (κ1) is 19.0. The third kappa shape index (κ3) is 3.22. The van der Waals surface area contributed by atoms with Crippen molar-refractivity contribution in [3.63, 3.8) is 0 Å². The van der Waals surface area contributed by atoms with Gasteiger partial charge in [0.2, 0.25) is 0 Å². The lowest BCUT2D eigenvalue weighted by atomic mass is 10.0. The van der Waals surface area contributed by atoms with E-state index in [1.165, 1.54) is 0 Å². The van der Waals surface area contributed by atoms with Crippen LogP contribution in [0, 0.1) is 18.3 Å². The molecule has 7 heteroatoms. The maximum atomic E-state index is 10.0. The van der Waals surface area contributed by atoms with E-state index in [1.807, 2.05) is 42.5 Å². The van der Waals surface area contributed by atoms with Crippen molar-refractivity contribution in [2.24, 2.45) is 5.10 Å². The fourth-order valence-corrected chi connectivity index (χ4v) is 3.91. The average Bonchev–Trinajstić information content (AvgIpc) is 3.09. The van der Waals surface area contributed by atoms with Gasteiger partial charge in [0.05, 0.1) is 22.8 Å². The summed E-state index contributed by atoms with van der Waals surface area (Å²) in [5.74, 6) is 0.905. The monoisotopic (exact) mass is 447 g/mol. The minimum absolute atomic E-state index is 0.142. The van der Waals surface area contributed by atoms with Crippen LogP contribution < -0.4 is 5.43 Å². The first-order chi connectivity index (χ1) is 14.0. The number of nitrogens with one attached hydrogen (secondary N) is 1. The fourth-order valence-electron chi connectivity index (χ4n) is 3.53. The Labute approximate surface area is 176 Å². The van der Waals surface area contributed by atoms with E-state index in [1.54, 1.807) is 24.4 Å². The number of pyridine rings is 1. The average molecular weight is 448 g/mol. The highest BCUT2D eigenvalue weighted by Gasteiger charge is 2.19. The van der Waals surface area contributed by atoms with E-state index < -0.39 is 0 Å². The molecule has 0 saturated carbocycles. The molecule has 0 amide bonds. The zero-order valence-corrected chi connectivity index (χ0v) is 17.5. The maximum Gasteiger partial charge on any atom is 0.157 e. The van der Waals surface area contributed by atoms with Crippen molar-refractivity contribution in [1.29, 1.82) is 5.26 Å². The molecule has 4 aromatic rings.